The van der Waals surface area contributed by atoms with Crippen LogP contribution in [-0.2, 0) is 18.8 Å². The first-order valence-corrected chi connectivity index (χ1v) is 13.5. The number of ether oxygens (including phenoxy) is 2. The Kier molecular flexibility index (Phi) is 11.0. The third kappa shape index (κ3) is 8.70. The molecule has 9 nitrogen and oxygen atoms in total. The van der Waals surface area contributed by atoms with Gasteiger partial charge in [0.2, 0.25) is 0 Å². The van der Waals surface area contributed by atoms with Gasteiger partial charge in [-0.3, -0.25) is 4.79 Å². The maximum Gasteiger partial charge on any atom is 0.513 e. The molecule has 12 heteroatoms. The Balaban J connectivity index is 2.29. The summed E-state index contributed by atoms with van der Waals surface area (Å²) in [7, 11) is -0.401. The van der Waals surface area contributed by atoms with Crippen LogP contribution in [0.1, 0.15) is 24.2 Å². The van der Waals surface area contributed by atoms with Crippen LogP contribution in [0.25, 0.3) is 0 Å². The lowest BCUT2D eigenvalue weighted by molar-refractivity contribution is -0.144. The Morgan fingerprint density at radius 1 is 1.06 bits per heavy atom. The highest BCUT2D eigenvalue weighted by atomic mass is 79.9. The minimum atomic E-state index is -4.15. The van der Waals surface area contributed by atoms with E-state index in [0.717, 1.165) is 0 Å². The highest BCUT2D eigenvalue weighted by molar-refractivity contribution is 9.11. The van der Waals surface area contributed by atoms with Crippen LogP contribution in [0.15, 0.2) is 51.4 Å². The van der Waals surface area contributed by atoms with E-state index < -0.39 is 25.7 Å². The molecule has 186 valence electrons. The van der Waals surface area contributed by atoms with E-state index in [1.54, 1.807) is 37.3 Å². The molecule has 0 aromatic heterocycles. The molecule has 0 amide bonds. The number of carbonyl (C=O) groups excluding carboxylic acids is 2. The van der Waals surface area contributed by atoms with Crippen LogP contribution in [0.2, 0.25) is 0 Å². The zero-order valence-electron chi connectivity index (χ0n) is 19.2. The number of hydrogen-bond acceptors (Lipinski definition) is 8. The second-order valence-corrected chi connectivity index (χ2v) is 10.6. The van der Waals surface area contributed by atoms with E-state index in [4.69, 9.17) is 18.5 Å². The summed E-state index contributed by atoms with van der Waals surface area (Å²) in [5.41, 5.74) is 0.261. The van der Waals surface area contributed by atoms with Gasteiger partial charge in [0.15, 0.2) is 5.75 Å². The molecule has 0 radical (unpaired) electrons. The van der Waals surface area contributed by atoms with Crippen molar-refractivity contribution in [2.45, 2.75) is 19.9 Å². The summed E-state index contributed by atoms with van der Waals surface area (Å²) in [5.74, 6) is -0.764. The molecule has 2 atom stereocenters. The minimum absolute atomic E-state index is 0.104. The molecule has 0 aliphatic rings. The van der Waals surface area contributed by atoms with Crippen molar-refractivity contribution >= 4 is 51.5 Å². The molecule has 0 fully saturated rings. The summed E-state index contributed by atoms with van der Waals surface area (Å²) in [6.45, 7) is 4.13. The fourth-order valence-electron chi connectivity index (χ4n) is 2.54. The summed E-state index contributed by atoms with van der Waals surface area (Å²) in [4.78, 5) is 26.4. The number of hydrogen-bond donors (Lipinski definition) is 1. The van der Waals surface area contributed by atoms with Crippen LogP contribution in [-0.4, -0.2) is 56.7 Å². The van der Waals surface area contributed by atoms with Crippen molar-refractivity contribution in [3.63, 3.8) is 0 Å². The second-order valence-electron chi connectivity index (χ2n) is 7.30. The molecule has 1 N–H and O–H groups in total. The average molecular weight is 622 g/mol. The van der Waals surface area contributed by atoms with Crippen molar-refractivity contribution in [1.29, 1.82) is 0 Å². The molecule has 1 unspecified atom stereocenters. The Bertz CT molecular complexity index is 1010. The molecule has 0 bridgehead atoms. The zero-order valence-corrected chi connectivity index (χ0v) is 23.3. The first-order valence-electron chi connectivity index (χ1n) is 10.3. The average Bonchev–Trinajstić information content (AvgIpc) is 2.76. The van der Waals surface area contributed by atoms with Crippen molar-refractivity contribution in [3.05, 3.63) is 57.0 Å². The molecule has 0 aliphatic heterocycles. The van der Waals surface area contributed by atoms with Gasteiger partial charge in [0.25, 0.3) is 0 Å². The number of halogens is 2. The third-order valence-electron chi connectivity index (χ3n) is 4.18. The molecule has 2 rings (SSSR count). The molecule has 2 aromatic rings. The minimum Gasteiger partial charge on any atom is -0.465 e. The van der Waals surface area contributed by atoms with E-state index in [1.807, 2.05) is 19.0 Å². The Hall–Kier alpha value is -1.91. The highest BCUT2D eigenvalue weighted by Crippen LogP contribution is 2.49. The number of nitrogens with one attached hydrogen (secondary N) is 1. The Morgan fingerprint density at radius 2 is 1.68 bits per heavy atom. The van der Waals surface area contributed by atoms with Crippen LogP contribution >= 0.6 is 39.6 Å². The molecule has 34 heavy (non-hydrogen) atoms. The van der Waals surface area contributed by atoms with Crippen molar-refractivity contribution in [1.82, 2.24) is 9.99 Å². The van der Waals surface area contributed by atoms with E-state index in [9.17, 15) is 14.2 Å². The molecule has 0 spiro atoms. The number of benzene rings is 2. The summed E-state index contributed by atoms with van der Waals surface area (Å²) >= 11 is 6.70. The first kappa shape index (κ1) is 28.3. The SMILES string of the molecule is CCOC(=O)[C@H](C)NP(=O)(Oc1ccccc1)Oc1c(Br)cc(C(=O)OCCN(C)C)cc1Br. The van der Waals surface area contributed by atoms with Gasteiger partial charge in [-0.1, -0.05) is 18.2 Å². The van der Waals surface area contributed by atoms with Gasteiger partial charge in [-0.25, -0.2) is 9.36 Å². The monoisotopic (exact) mass is 620 g/mol. The van der Waals surface area contributed by atoms with Gasteiger partial charge in [0, 0.05) is 6.54 Å². The number of esters is 2. The largest absolute Gasteiger partial charge is 0.513 e. The van der Waals surface area contributed by atoms with Crippen molar-refractivity contribution in [2.75, 3.05) is 33.9 Å². The van der Waals surface area contributed by atoms with Gasteiger partial charge in [-0.05, 0) is 84.1 Å². The lowest BCUT2D eigenvalue weighted by Crippen LogP contribution is -2.35. The summed E-state index contributed by atoms with van der Waals surface area (Å²) in [6.07, 6.45) is 0. The Labute approximate surface area is 215 Å². The van der Waals surface area contributed by atoms with E-state index >= 15 is 0 Å². The highest BCUT2D eigenvalue weighted by Gasteiger charge is 2.35. The zero-order chi connectivity index (χ0) is 25.3. The molecular weight excluding hydrogens is 595 g/mol. The van der Waals surface area contributed by atoms with Gasteiger partial charge in [0.05, 0.1) is 21.1 Å². The molecule has 0 saturated carbocycles. The smallest absolute Gasteiger partial charge is 0.465 e. The number of para-hydroxylation sites is 1. The van der Waals surface area contributed by atoms with Crippen LogP contribution in [0.5, 0.6) is 11.5 Å². The van der Waals surface area contributed by atoms with Crippen molar-refractivity contribution in [3.8, 4) is 11.5 Å². The topological polar surface area (TPSA) is 103 Å². The predicted molar refractivity (Wildman–Crippen MR) is 135 cm³/mol. The summed E-state index contributed by atoms with van der Waals surface area (Å²) in [5, 5.41) is 2.60. The fraction of sp³-hybridized carbons (Fsp3) is 0.364. The molecule has 0 heterocycles. The molecule has 0 aliphatic carbocycles. The summed E-state index contributed by atoms with van der Waals surface area (Å²) < 4.78 is 36.0. The van der Waals surface area contributed by atoms with Gasteiger partial charge < -0.3 is 23.4 Å². The lowest BCUT2D eigenvalue weighted by Gasteiger charge is -2.24. The van der Waals surface area contributed by atoms with Crippen LogP contribution < -0.4 is 14.1 Å². The van der Waals surface area contributed by atoms with Crippen molar-refractivity contribution < 1.29 is 32.7 Å². The van der Waals surface area contributed by atoms with Gasteiger partial charge in [0.1, 0.15) is 18.4 Å². The molecule has 0 saturated heterocycles. The fourth-order valence-corrected chi connectivity index (χ4v) is 5.70. The van der Waals surface area contributed by atoms with E-state index in [1.165, 1.54) is 19.1 Å². The third-order valence-corrected chi connectivity index (χ3v) is 6.93. The van der Waals surface area contributed by atoms with Crippen LogP contribution in [0.3, 0.4) is 0 Å². The van der Waals surface area contributed by atoms with E-state index in [0.29, 0.717) is 15.5 Å². The number of likely N-dealkylation sites (N-methyl/N-ethyl adjacent to an activating group) is 1. The summed E-state index contributed by atoms with van der Waals surface area (Å²) in [6, 6.07) is 10.4. The van der Waals surface area contributed by atoms with Crippen molar-refractivity contribution in [2.24, 2.45) is 0 Å². The number of carbonyl (C=O) groups is 2. The lowest BCUT2D eigenvalue weighted by atomic mass is 10.2. The molecule has 2 aromatic carbocycles. The Morgan fingerprint density at radius 3 is 2.24 bits per heavy atom. The second kappa shape index (κ2) is 13.3. The first-order chi connectivity index (χ1) is 16.0. The number of rotatable bonds is 12. The quantitative estimate of drug-likeness (QED) is 0.258. The normalized spacial score (nSPS) is 13.6. The van der Waals surface area contributed by atoms with E-state index in [-0.39, 0.29) is 30.3 Å². The maximum atomic E-state index is 13.7. The van der Waals surface area contributed by atoms with Gasteiger partial charge in [-0.2, -0.15) is 5.09 Å². The standard InChI is InChI=1S/C22H27Br2N2O7P/c1-5-30-21(27)15(2)25-34(29,32-17-9-7-6-8-10-17)33-20-18(23)13-16(14-19(20)24)22(28)31-12-11-26(3)4/h6-10,13-15H,5,11-12H2,1-4H3,(H,25,29)/t15-,34?/m0/s1. The van der Waals surface area contributed by atoms with Crippen LogP contribution in [0.4, 0.5) is 0 Å². The predicted octanol–water partition coefficient (Wildman–Crippen LogP) is 5.04. The van der Waals surface area contributed by atoms with Gasteiger partial charge in [-0.15, -0.1) is 0 Å². The van der Waals surface area contributed by atoms with Crippen LogP contribution in [0, 0.1) is 0 Å². The maximum absolute atomic E-state index is 13.7. The number of nitrogens with zero attached hydrogens (tertiary/aromatic N) is 1. The van der Waals surface area contributed by atoms with E-state index in [2.05, 4.69) is 36.9 Å². The molecular formula is C22H27Br2N2O7P. The van der Waals surface area contributed by atoms with Gasteiger partial charge >= 0.3 is 19.7 Å².